The number of nitrogens with zero attached hydrogens (tertiary/aromatic N) is 1. The third kappa shape index (κ3) is 3.65. The van der Waals surface area contributed by atoms with Gasteiger partial charge < -0.3 is 4.74 Å². The minimum atomic E-state index is 0.258. The van der Waals surface area contributed by atoms with Crippen molar-refractivity contribution in [2.45, 2.75) is 5.92 Å². The highest BCUT2D eigenvalue weighted by atomic mass is 35.5. The van der Waals surface area contributed by atoms with Crippen molar-refractivity contribution < 1.29 is 4.74 Å². The summed E-state index contributed by atoms with van der Waals surface area (Å²) in [5.41, 5.74) is 1.22. The maximum atomic E-state index is 5.85. The molecule has 0 aliphatic heterocycles. The van der Waals surface area contributed by atoms with Gasteiger partial charge in [-0.2, -0.15) is 12.6 Å². The second-order valence-electron chi connectivity index (χ2n) is 3.94. The van der Waals surface area contributed by atoms with Gasteiger partial charge in [0.15, 0.2) is 0 Å². The van der Waals surface area contributed by atoms with E-state index in [1.54, 1.807) is 18.5 Å². The van der Waals surface area contributed by atoms with Crippen LogP contribution in [0, 0.1) is 0 Å². The number of thiol groups is 1. The molecule has 0 bridgehead atoms. The lowest BCUT2D eigenvalue weighted by Gasteiger charge is -2.15. The Morgan fingerprint density at radius 1 is 1.22 bits per heavy atom. The van der Waals surface area contributed by atoms with E-state index in [4.69, 9.17) is 16.3 Å². The number of ether oxygens (including phenoxy) is 1. The molecule has 2 aromatic rings. The smallest absolute Gasteiger partial charge is 0.139 e. The fraction of sp³-hybridized carbons (Fsp3) is 0.214. The van der Waals surface area contributed by atoms with E-state index in [1.165, 1.54) is 5.56 Å². The molecule has 1 unspecified atom stereocenters. The van der Waals surface area contributed by atoms with E-state index < -0.39 is 0 Å². The van der Waals surface area contributed by atoms with Crippen LogP contribution in [-0.2, 0) is 0 Å². The summed E-state index contributed by atoms with van der Waals surface area (Å²) < 4.78 is 5.70. The molecular weight excluding hydrogens is 266 g/mol. The SMILES string of the molecule is SCC(COc1cncc(Cl)c1)c1ccccc1. The van der Waals surface area contributed by atoms with Gasteiger partial charge in [0.25, 0.3) is 0 Å². The van der Waals surface area contributed by atoms with Crippen molar-refractivity contribution in [3.8, 4) is 5.75 Å². The Morgan fingerprint density at radius 3 is 2.67 bits per heavy atom. The van der Waals surface area contributed by atoms with Crippen LogP contribution in [0.2, 0.25) is 5.02 Å². The Balaban J connectivity index is 2.00. The molecule has 0 radical (unpaired) electrons. The van der Waals surface area contributed by atoms with Gasteiger partial charge in [0.1, 0.15) is 5.75 Å². The van der Waals surface area contributed by atoms with Gasteiger partial charge in [-0.15, -0.1) is 0 Å². The highest BCUT2D eigenvalue weighted by Crippen LogP contribution is 2.20. The zero-order valence-electron chi connectivity index (χ0n) is 9.79. The Kier molecular flexibility index (Phi) is 4.90. The lowest BCUT2D eigenvalue weighted by atomic mass is 10.0. The van der Waals surface area contributed by atoms with E-state index >= 15 is 0 Å². The average molecular weight is 280 g/mol. The predicted octanol–water partition coefficient (Wildman–Crippen LogP) is 3.83. The second-order valence-corrected chi connectivity index (χ2v) is 4.74. The van der Waals surface area contributed by atoms with E-state index in [9.17, 15) is 0 Å². The highest BCUT2D eigenvalue weighted by Gasteiger charge is 2.10. The van der Waals surface area contributed by atoms with Crippen molar-refractivity contribution >= 4 is 24.2 Å². The molecule has 0 saturated carbocycles. The predicted molar refractivity (Wildman–Crippen MR) is 77.8 cm³/mol. The molecule has 18 heavy (non-hydrogen) atoms. The molecule has 0 spiro atoms. The fourth-order valence-electron chi connectivity index (χ4n) is 1.65. The molecular formula is C14H14ClNOS. The van der Waals surface area contributed by atoms with Crippen molar-refractivity contribution in [2.75, 3.05) is 12.4 Å². The summed E-state index contributed by atoms with van der Waals surface area (Å²) in [5.74, 6) is 1.68. The molecule has 0 N–H and O–H groups in total. The van der Waals surface area contributed by atoms with Gasteiger partial charge in [-0.1, -0.05) is 41.9 Å². The zero-order chi connectivity index (χ0) is 12.8. The molecule has 0 aliphatic rings. The number of hydrogen-bond donors (Lipinski definition) is 1. The van der Waals surface area contributed by atoms with Gasteiger partial charge in [-0.25, -0.2) is 0 Å². The summed E-state index contributed by atoms with van der Waals surface area (Å²) in [6.07, 6.45) is 3.24. The van der Waals surface area contributed by atoms with Crippen LogP contribution in [0.4, 0.5) is 0 Å². The molecule has 0 saturated heterocycles. The number of rotatable bonds is 5. The molecule has 1 atom stereocenters. The number of halogens is 1. The topological polar surface area (TPSA) is 22.1 Å². The van der Waals surface area contributed by atoms with Crippen molar-refractivity contribution in [3.05, 3.63) is 59.4 Å². The molecule has 0 aliphatic carbocycles. The van der Waals surface area contributed by atoms with E-state index in [1.807, 2.05) is 18.2 Å². The first-order valence-corrected chi connectivity index (χ1v) is 6.70. The molecule has 4 heteroatoms. The van der Waals surface area contributed by atoms with Crippen molar-refractivity contribution in [3.63, 3.8) is 0 Å². The fourth-order valence-corrected chi connectivity index (χ4v) is 2.13. The highest BCUT2D eigenvalue weighted by molar-refractivity contribution is 7.80. The summed E-state index contributed by atoms with van der Waals surface area (Å²) in [6.45, 7) is 0.565. The molecule has 0 amide bonds. The summed E-state index contributed by atoms with van der Waals surface area (Å²) in [5, 5.41) is 0.578. The minimum absolute atomic E-state index is 0.258. The van der Waals surface area contributed by atoms with Crippen LogP contribution in [0.5, 0.6) is 5.75 Å². The normalized spacial score (nSPS) is 12.1. The Morgan fingerprint density at radius 2 is 2.00 bits per heavy atom. The van der Waals surface area contributed by atoms with Crippen LogP contribution in [0.3, 0.4) is 0 Å². The standard InChI is InChI=1S/C14H14ClNOS/c15-13-6-14(8-16-7-13)17-9-12(10-18)11-4-2-1-3-5-11/h1-8,12,18H,9-10H2. The van der Waals surface area contributed by atoms with Gasteiger partial charge in [0, 0.05) is 23.9 Å². The average Bonchev–Trinajstić information content (AvgIpc) is 2.41. The van der Waals surface area contributed by atoms with E-state index in [0.29, 0.717) is 17.4 Å². The van der Waals surface area contributed by atoms with E-state index in [0.717, 1.165) is 5.75 Å². The van der Waals surface area contributed by atoms with Crippen molar-refractivity contribution in [1.82, 2.24) is 4.98 Å². The van der Waals surface area contributed by atoms with Crippen LogP contribution in [0.15, 0.2) is 48.8 Å². The maximum absolute atomic E-state index is 5.85. The number of pyridine rings is 1. The largest absolute Gasteiger partial charge is 0.491 e. The molecule has 94 valence electrons. The monoisotopic (exact) mass is 279 g/mol. The number of hydrogen-bond acceptors (Lipinski definition) is 3. The Labute approximate surface area is 117 Å². The minimum Gasteiger partial charge on any atom is -0.491 e. The van der Waals surface area contributed by atoms with Crippen LogP contribution in [0.1, 0.15) is 11.5 Å². The maximum Gasteiger partial charge on any atom is 0.139 e. The van der Waals surface area contributed by atoms with Crippen LogP contribution < -0.4 is 4.74 Å². The Hall–Kier alpha value is -1.19. The summed E-state index contributed by atoms with van der Waals surface area (Å²) in [4.78, 5) is 3.98. The second kappa shape index (κ2) is 6.66. The van der Waals surface area contributed by atoms with Crippen LogP contribution in [-0.4, -0.2) is 17.3 Å². The number of benzene rings is 1. The van der Waals surface area contributed by atoms with Crippen molar-refractivity contribution in [1.29, 1.82) is 0 Å². The van der Waals surface area contributed by atoms with Gasteiger partial charge >= 0.3 is 0 Å². The summed E-state index contributed by atoms with van der Waals surface area (Å²) in [7, 11) is 0. The van der Waals surface area contributed by atoms with Crippen LogP contribution >= 0.6 is 24.2 Å². The zero-order valence-corrected chi connectivity index (χ0v) is 11.4. The first-order valence-electron chi connectivity index (χ1n) is 5.68. The molecule has 1 aromatic carbocycles. The van der Waals surface area contributed by atoms with Crippen LogP contribution in [0.25, 0.3) is 0 Å². The van der Waals surface area contributed by atoms with Crippen molar-refractivity contribution in [2.24, 2.45) is 0 Å². The van der Waals surface area contributed by atoms with Gasteiger partial charge in [0.2, 0.25) is 0 Å². The molecule has 1 heterocycles. The van der Waals surface area contributed by atoms with Gasteiger partial charge in [0.05, 0.1) is 17.8 Å². The third-order valence-electron chi connectivity index (χ3n) is 2.62. The molecule has 0 fully saturated rings. The third-order valence-corrected chi connectivity index (χ3v) is 3.27. The lowest BCUT2D eigenvalue weighted by molar-refractivity contribution is 0.296. The summed E-state index contributed by atoms with van der Waals surface area (Å²) >= 11 is 10.2. The molecule has 2 rings (SSSR count). The molecule has 2 nitrogen and oxygen atoms in total. The molecule has 1 aromatic heterocycles. The lowest BCUT2D eigenvalue weighted by Crippen LogP contribution is -2.12. The number of aromatic nitrogens is 1. The van der Waals surface area contributed by atoms with E-state index in [-0.39, 0.29) is 5.92 Å². The van der Waals surface area contributed by atoms with E-state index in [2.05, 4.69) is 29.7 Å². The van der Waals surface area contributed by atoms with Gasteiger partial charge in [-0.3, -0.25) is 4.98 Å². The quantitative estimate of drug-likeness (QED) is 0.841. The summed E-state index contributed by atoms with van der Waals surface area (Å²) in [6, 6.07) is 12.0. The van der Waals surface area contributed by atoms with Gasteiger partial charge in [-0.05, 0) is 5.56 Å². The Bertz CT molecular complexity index is 492. The first-order chi connectivity index (χ1) is 8.79. The first kappa shape index (κ1) is 13.2.